The molecule has 1 amide bonds. The molecule has 0 bridgehead atoms. The number of amides is 1. The number of rotatable bonds is 3. The number of halogens is 5. The summed E-state index contributed by atoms with van der Waals surface area (Å²) in [5.41, 5.74) is 0.695. The van der Waals surface area contributed by atoms with Gasteiger partial charge in [0.15, 0.2) is 0 Å². The second-order valence-corrected chi connectivity index (χ2v) is 7.54. The molecule has 0 radical (unpaired) electrons. The van der Waals surface area contributed by atoms with E-state index in [-0.39, 0.29) is 11.7 Å². The predicted molar refractivity (Wildman–Crippen MR) is 96.1 cm³/mol. The number of likely N-dealkylation sites (tertiary alicyclic amines) is 1. The van der Waals surface area contributed by atoms with Crippen molar-refractivity contribution in [2.75, 3.05) is 13.1 Å². The Labute approximate surface area is 163 Å². The molecule has 2 aromatic rings. The number of alkyl halides is 2. The highest BCUT2D eigenvalue weighted by atomic mass is 35.5. The third kappa shape index (κ3) is 3.21. The quantitative estimate of drug-likeness (QED) is 0.656. The van der Waals surface area contributed by atoms with Gasteiger partial charge in [0.2, 0.25) is 0 Å². The Balaban J connectivity index is 1.66. The molecular weight excluding hydrogens is 398 g/mol. The molecule has 0 spiro atoms. The molecule has 0 aliphatic carbocycles. The van der Waals surface area contributed by atoms with E-state index in [2.05, 4.69) is 0 Å². The summed E-state index contributed by atoms with van der Waals surface area (Å²) in [5.74, 6) is -5.73. The van der Waals surface area contributed by atoms with Crippen molar-refractivity contribution in [3.63, 3.8) is 0 Å². The summed E-state index contributed by atoms with van der Waals surface area (Å²) in [6, 6.07) is 5.32. The number of carbonyl (C=O) groups is 1. The van der Waals surface area contributed by atoms with Crippen molar-refractivity contribution in [1.29, 1.82) is 0 Å². The summed E-state index contributed by atoms with van der Waals surface area (Å²) in [5, 5.41) is 0.340. The third-order valence-corrected chi connectivity index (χ3v) is 5.31. The minimum atomic E-state index is -3.01. The first-order valence-corrected chi connectivity index (χ1v) is 9.22. The maximum atomic E-state index is 14.5. The molecule has 0 saturated carbocycles. The van der Waals surface area contributed by atoms with Gasteiger partial charge in [-0.2, -0.15) is 0 Å². The van der Waals surface area contributed by atoms with E-state index < -0.39 is 42.1 Å². The van der Waals surface area contributed by atoms with Crippen LogP contribution in [-0.2, 0) is 6.42 Å². The molecule has 2 aliphatic rings. The van der Waals surface area contributed by atoms with Gasteiger partial charge in [0.1, 0.15) is 29.1 Å². The maximum absolute atomic E-state index is 14.5. The monoisotopic (exact) mass is 413 g/mol. The highest BCUT2D eigenvalue weighted by Crippen LogP contribution is 2.40. The van der Waals surface area contributed by atoms with Gasteiger partial charge < -0.3 is 9.64 Å². The molecule has 2 aliphatic heterocycles. The summed E-state index contributed by atoms with van der Waals surface area (Å²) in [6.07, 6.45) is 1.45. The molecule has 2 aromatic carbocycles. The Hall–Kier alpha value is -2.28. The molecule has 1 saturated heterocycles. The third-order valence-electron chi connectivity index (χ3n) is 5.03. The first-order valence-electron chi connectivity index (χ1n) is 8.84. The molecule has 28 heavy (non-hydrogen) atoms. The van der Waals surface area contributed by atoms with Crippen molar-refractivity contribution in [3.05, 3.63) is 52.0 Å². The van der Waals surface area contributed by atoms with Crippen LogP contribution in [0, 0.1) is 11.6 Å². The van der Waals surface area contributed by atoms with Gasteiger partial charge in [-0.25, -0.2) is 17.6 Å². The molecule has 0 N–H and O–H groups in total. The summed E-state index contributed by atoms with van der Waals surface area (Å²) < 4.78 is 60.7. The van der Waals surface area contributed by atoms with Crippen molar-refractivity contribution in [2.45, 2.75) is 31.8 Å². The van der Waals surface area contributed by atoms with Gasteiger partial charge in [0, 0.05) is 6.42 Å². The molecule has 1 unspecified atom stereocenters. The lowest BCUT2D eigenvalue weighted by Gasteiger charge is -2.38. The fourth-order valence-electron chi connectivity index (χ4n) is 3.54. The van der Waals surface area contributed by atoms with Gasteiger partial charge in [0.05, 0.1) is 18.1 Å². The zero-order chi connectivity index (χ0) is 20.2. The lowest BCUT2D eigenvalue weighted by atomic mass is 9.98. The highest BCUT2D eigenvalue weighted by molar-refractivity contribution is 6.32. The van der Waals surface area contributed by atoms with Crippen LogP contribution in [-0.4, -0.2) is 35.9 Å². The minimum Gasteiger partial charge on any atom is -0.488 e. The van der Waals surface area contributed by atoms with E-state index in [1.807, 2.05) is 6.92 Å². The first kappa shape index (κ1) is 19.1. The highest BCUT2D eigenvalue weighted by Gasteiger charge is 2.47. The summed E-state index contributed by atoms with van der Waals surface area (Å²) in [7, 11) is 0. The Kier molecular flexibility index (Phi) is 4.53. The summed E-state index contributed by atoms with van der Waals surface area (Å²) >= 11 is 6.26. The van der Waals surface area contributed by atoms with Crippen molar-refractivity contribution < 1.29 is 27.1 Å². The van der Waals surface area contributed by atoms with E-state index >= 15 is 0 Å². The van der Waals surface area contributed by atoms with Gasteiger partial charge in [-0.3, -0.25) is 4.79 Å². The molecule has 3 nitrogen and oxygen atoms in total. The van der Waals surface area contributed by atoms with Crippen LogP contribution >= 0.6 is 11.6 Å². The topological polar surface area (TPSA) is 29.5 Å². The van der Waals surface area contributed by atoms with Gasteiger partial charge in [-0.05, 0) is 47.4 Å². The normalized spacial score (nSPS) is 19.8. The number of carbonyl (C=O) groups excluding carboxylic acids is 1. The number of ether oxygens (including phenoxy) is 1. The van der Waals surface area contributed by atoms with E-state index in [1.54, 1.807) is 12.1 Å². The van der Waals surface area contributed by atoms with Crippen molar-refractivity contribution in [1.82, 2.24) is 4.90 Å². The van der Waals surface area contributed by atoms with E-state index in [0.717, 1.165) is 29.0 Å². The first-order chi connectivity index (χ1) is 13.2. The number of benzene rings is 2. The molecule has 0 aromatic heterocycles. The Morgan fingerprint density at radius 2 is 1.79 bits per heavy atom. The largest absolute Gasteiger partial charge is 0.488 e. The molecule has 1 fully saturated rings. The molecular formula is C20H16ClF4NO2. The average Bonchev–Trinajstić information content (AvgIpc) is 3.02. The number of hydrogen-bond donors (Lipinski definition) is 0. The van der Waals surface area contributed by atoms with E-state index in [9.17, 15) is 22.4 Å². The van der Waals surface area contributed by atoms with E-state index in [4.69, 9.17) is 16.3 Å². The van der Waals surface area contributed by atoms with Crippen LogP contribution in [0.25, 0.3) is 11.1 Å². The molecule has 4 rings (SSSR count). The van der Waals surface area contributed by atoms with Crippen LogP contribution in [0.1, 0.15) is 29.3 Å². The molecule has 8 heteroatoms. The molecule has 1 atom stereocenters. The zero-order valence-electron chi connectivity index (χ0n) is 14.9. The van der Waals surface area contributed by atoms with Gasteiger partial charge in [0.25, 0.3) is 11.8 Å². The fraction of sp³-hybridized carbons (Fsp3) is 0.350. The Morgan fingerprint density at radius 1 is 1.18 bits per heavy atom. The Bertz CT molecular complexity index is 948. The van der Waals surface area contributed by atoms with Crippen molar-refractivity contribution in [2.24, 2.45) is 0 Å². The minimum absolute atomic E-state index is 0.00544. The smallest absolute Gasteiger partial charge is 0.282 e. The number of hydrogen-bond acceptors (Lipinski definition) is 2. The molecule has 2 heterocycles. The van der Waals surface area contributed by atoms with Crippen LogP contribution in [0.5, 0.6) is 5.75 Å². The molecule has 148 valence electrons. The lowest BCUT2D eigenvalue weighted by molar-refractivity contribution is -0.113. The van der Waals surface area contributed by atoms with Gasteiger partial charge >= 0.3 is 0 Å². The van der Waals surface area contributed by atoms with Gasteiger partial charge in [-0.15, -0.1) is 0 Å². The number of fused-ring (bicyclic) bond motifs is 1. The van der Waals surface area contributed by atoms with Gasteiger partial charge in [-0.1, -0.05) is 18.5 Å². The predicted octanol–water partition coefficient (Wildman–Crippen LogP) is 5.09. The van der Waals surface area contributed by atoms with Crippen LogP contribution < -0.4 is 4.74 Å². The van der Waals surface area contributed by atoms with E-state index in [0.29, 0.717) is 22.8 Å². The summed E-state index contributed by atoms with van der Waals surface area (Å²) in [6.45, 7) is 0.302. The van der Waals surface area contributed by atoms with Crippen molar-refractivity contribution >= 4 is 17.5 Å². The van der Waals surface area contributed by atoms with Crippen LogP contribution in [0.15, 0.2) is 24.3 Å². The van der Waals surface area contributed by atoms with Crippen LogP contribution in [0.2, 0.25) is 5.02 Å². The van der Waals surface area contributed by atoms with Crippen molar-refractivity contribution in [3.8, 4) is 16.9 Å². The number of nitrogens with zero attached hydrogens (tertiary/aromatic N) is 1. The summed E-state index contributed by atoms with van der Waals surface area (Å²) in [4.78, 5) is 12.9. The SMILES string of the molecule is CCC1Cc2cc(-c3cc(F)c(C(=O)N4CC(F)(F)C4)c(F)c3)cc(Cl)c2O1. The Morgan fingerprint density at radius 3 is 2.36 bits per heavy atom. The zero-order valence-corrected chi connectivity index (χ0v) is 15.6. The second kappa shape index (κ2) is 6.65. The van der Waals surface area contributed by atoms with E-state index in [1.165, 1.54) is 0 Å². The van der Waals surface area contributed by atoms with Crippen LogP contribution in [0.4, 0.5) is 17.6 Å². The standard InChI is InChI=1S/C20H16ClF4NO2/c1-2-13-4-12-3-10(5-14(21)18(12)28-13)11-6-15(22)17(16(23)7-11)19(27)26-8-20(24,25)9-26/h3,5-7,13H,2,4,8-9H2,1H3. The lowest BCUT2D eigenvalue weighted by Crippen LogP contribution is -2.58. The maximum Gasteiger partial charge on any atom is 0.282 e. The second-order valence-electron chi connectivity index (χ2n) is 7.13. The average molecular weight is 414 g/mol. The van der Waals surface area contributed by atoms with Crippen LogP contribution in [0.3, 0.4) is 0 Å². The fourth-order valence-corrected chi connectivity index (χ4v) is 3.82.